The molecule has 6 heteroatoms. The van der Waals surface area contributed by atoms with E-state index in [1.807, 2.05) is 0 Å². The number of amides is 2. The smallest absolute Gasteiger partial charge is 0.303 e. The van der Waals surface area contributed by atoms with Crippen molar-refractivity contribution in [3.63, 3.8) is 0 Å². The van der Waals surface area contributed by atoms with Gasteiger partial charge in [-0.25, -0.2) is 0 Å². The Bertz CT molecular complexity index is 388. The number of carboxylic acid groups (broad SMARTS) is 1. The first-order valence-electron chi connectivity index (χ1n) is 6.77. The summed E-state index contributed by atoms with van der Waals surface area (Å²) in [6.07, 6.45) is 3.88. The maximum atomic E-state index is 12.2. The van der Waals surface area contributed by atoms with E-state index in [0.29, 0.717) is 13.1 Å². The third-order valence-corrected chi connectivity index (χ3v) is 4.11. The summed E-state index contributed by atoms with van der Waals surface area (Å²) in [7, 11) is 0. The van der Waals surface area contributed by atoms with Gasteiger partial charge in [-0.2, -0.15) is 0 Å². The molecule has 0 atom stereocenters. The van der Waals surface area contributed by atoms with Gasteiger partial charge in [-0.05, 0) is 18.3 Å². The molecule has 19 heavy (non-hydrogen) atoms. The normalized spacial score (nSPS) is 22.1. The number of hydrogen-bond donors (Lipinski definition) is 2. The summed E-state index contributed by atoms with van der Waals surface area (Å²) in [4.78, 5) is 36.0. The van der Waals surface area contributed by atoms with E-state index in [1.54, 1.807) is 4.90 Å². The summed E-state index contributed by atoms with van der Waals surface area (Å²) < 4.78 is 0. The molecule has 0 unspecified atom stereocenters. The number of aliphatic carboxylic acids is 1. The van der Waals surface area contributed by atoms with Crippen LogP contribution in [0.1, 0.15) is 38.5 Å². The van der Waals surface area contributed by atoms with E-state index in [4.69, 9.17) is 5.11 Å². The van der Waals surface area contributed by atoms with Crippen molar-refractivity contribution in [2.45, 2.75) is 38.5 Å². The number of carbonyl (C=O) groups excluding carboxylic acids is 2. The number of hydrogen-bond acceptors (Lipinski definition) is 3. The number of nitrogens with zero attached hydrogens (tertiary/aromatic N) is 1. The van der Waals surface area contributed by atoms with Gasteiger partial charge in [0, 0.05) is 19.5 Å². The third kappa shape index (κ3) is 3.45. The molecule has 2 amide bonds. The standard InChI is InChI=1S/C13H20N2O4/c16-10-9-15(6-5-14-10)11(17)7-13(8-12(18)19)3-1-2-4-13/h1-9H2,(H,14,16)(H,18,19). The molecule has 2 rings (SSSR count). The Hall–Kier alpha value is -1.59. The van der Waals surface area contributed by atoms with Crippen molar-refractivity contribution in [2.75, 3.05) is 19.6 Å². The zero-order valence-corrected chi connectivity index (χ0v) is 11.0. The molecule has 0 bridgehead atoms. The van der Waals surface area contributed by atoms with E-state index in [1.165, 1.54) is 0 Å². The van der Waals surface area contributed by atoms with Crippen LogP contribution in [0.5, 0.6) is 0 Å². The van der Waals surface area contributed by atoms with Crippen LogP contribution < -0.4 is 5.32 Å². The zero-order valence-electron chi connectivity index (χ0n) is 11.0. The van der Waals surface area contributed by atoms with Crippen LogP contribution in [0.3, 0.4) is 0 Å². The highest BCUT2D eigenvalue weighted by molar-refractivity contribution is 5.86. The molecule has 0 aromatic heterocycles. The van der Waals surface area contributed by atoms with Crippen LogP contribution in [0.2, 0.25) is 0 Å². The van der Waals surface area contributed by atoms with E-state index in [-0.39, 0.29) is 31.2 Å². The molecular formula is C13H20N2O4. The monoisotopic (exact) mass is 268 g/mol. The third-order valence-electron chi connectivity index (χ3n) is 4.11. The summed E-state index contributed by atoms with van der Waals surface area (Å²) in [6.45, 7) is 1.10. The molecule has 1 aliphatic heterocycles. The molecule has 106 valence electrons. The van der Waals surface area contributed by atoms with Crippen molar-refractivity contribution in [3.05, 3.63) is 0 Å². The van der Waals surface area contributed by atoms with Crippen LogP contribution in [-0.2, 0) is 14.4 Å². The van der Waals surface area contributed by atoms with E-state index < -0.39 is 11.4 Å². The van der Waals surface area contributed by atoms with E-state index in [0.717, 1.165) is 25.7 Å². The molecule has 0 radical (unpaired) electrons. The zero-order chi connectivity index (χ0) is 13.9. The van der Waals surface area contributed by atoms with E-state index >= 15 is 0 Å². The van der Waals surface area contributed by atoms with Crippen molar-refractivity contribution in [1.82, 2.24) is 10.2 Å². The van der Waals surface area contributed by atoms with Gasteiger partial charge >= 0.3 is 5.97 Å². The Morgan fingerprint density at radius 3 is 2.53 bits per heavy atom. The van der Waals surface area contributed by atoms with Gasteiger partial charge in [0.2, 0.25) is 11.8 Å². The summed E-state index contributed by atoms with van der Waals surface area (Å²) in [5, 5.41) is 11.7. The molecule has 1 saturated heterocycles. The molecule has 2 N–H and O–H groups in total. The molecular weight excluding hydrogens is 248 g/mol. The van der Waals surface area contributed by atoms with Crippen molar-refractivity contribution >= 4 is 17.8 Å². The van der Waals surface area contributed by atoms with Crippen LogP contribution in [0.4, 0.5) is 0 Å². The predicted octanol–water partition coefficient (Wildman–Crippen LogP) is 0.370. The number of piperazine rings is 1. The van der Waals surface area contributed by atoms with Gasteiger partial charge in [0.1, 0.15) is 0 Å². The highest BCUT2D eigenvalue weighted by Crippen LogP contribution is 2.44. The first kappa shape index (κ1) is 13.8. The van der Waals surface area contributed by atoms with Crippen LogP contribution in [0.25, 0.3) is 0 Å². The minimum absolute atomic E-state index is 0.0543. The van der Waals surface area contributed by atoms with Gasteiger partial charge in [-0.3, -0.25) is 14.4 Å². The highest BCUT2D eigenvalue weighted by atomic mass is 16.4. The van der Waals surface area contributed by atoms with Crippen LogP contribution in [0.15, 0.2) is 0 Å². The lowest BCUT2D eigenvalue weighted by molar-refractivity contribution is -0.143. The number of carbonyl (C=O) groups is 3. The van der Waals surface area contributed by atoms with Gasteiger partial charge in [0.15, 0.2) is 0 Å². The number of carboxylic acids is 1. The first-order valence-corrected chi connectivity index (χ1v) is 6.77. The average Bonchev–Trinajstić information content (AvgIpc) is 2.76. The minimum Gasteiger partial charge on any atom is -0.481 e. The van der Waals surface area contributed by atoms with Crippen molar-refractivity contribution in [2.24, 2.45) is 5.41 Å². The SMILES string of the molecule is O=C(O)CC1(CC(=O)N2CCNC(=O)C2)CCCC1. The van der Waals surface area contributed by atoms with Crippen LogP contribution >= 0.6 is 0 Å². The van der Waals surface area contributed by atoms with Gasteiger partial charge in [-0.1, -0.05) is 12.8 Å². The molecule has 1 aliphatic carbocycles. The molecule has 1 saturated carbocycles. The summed E-state index contributed by atoms with van der Waals surface area (Å²) >= 11 is 0. The Labute approximate surface area is 112 Å². The summed E-state index contributed by atoms with van der Waals surface area (Å²) in [5.41, 5.74) is -0.392. The topological polar surface area (TPSA) is 86.7 Å². The summed E-state index contributed by atoms with van der Waals surface area (Å²) in [6, 6.07) is 0. The molecule has 0 aromatic rings. The predicted molar refractivity (Wildman–Crippen MR) is 67.4 cm³/mol. The van der Waals surface area contributed by atoms with E-state index in [9.17, 15) is 14.4 Å². The molecule has 0 spiro atoms. The quantitative estimate of drug-likeness (QED) is 0.771. The number of nitrogens with one attached hydrogen (secondary N) is 1. The van der Waals surface area contributed by atoms with Crippen molar-refractivity contribution < 1.29 is 19.5 Å². The van der Waals surface area contributed by atoms with Crippen molar-refractivity contribution in [3.8, 4) is 0 Å². The maximum Gasteiger partial charge on any atom is 0.303 e. The average molecular weight is 268 g/mol. The Kier molecular flexibility index (Phi) is 4.07. The second-order valence-corrected chi connectivity index (χ2v) is 5.62. The van der Waals surface area contributed by atoms with Crippen LogP contribution in [0, 0.1) is 5.41 Å². The van der Waals surface area contributed by atoms with Gasteiger partial charge in [0.05, 0.1) is 13.0 Å². The Morgan fingerprint density at radius 2 is 1.95 bits per heavy atom. The maximum absolute atomic E-state index is 12.2. The second-order valence-electron chi connectivity index (χ2n) is 5.62. The van der Waals surface area contributed by atoms with Gasteiger partial charge in [-0.15, -0.1) is 0 Å². The van der Waals surface area contributed by atoms with Crippen molar-refractivity contribution in [1.29, 1.82) is 0 Å². The molecule has 0 aromatic carbocycles. The Balaban J connectivity index is 1.98. The first-order chi connectivity index (χ1) is 9.01. The largest absolute Gasteiger partial charge is 0.481 e. The fraction of sp³-hybridized carbons (Fsp3) is 0.769. The fourth-order valence-corrected chi connectivity index (χ4v) is 3.15. The minimum atomic E-state index is -0.842. The van der Waals surface area contributed by atoms with Crippen LogP contribution in [-0.4, -0.2) is 47.4 Å². The highest BCUT2D eigenvalue weighted by Gasteiger charge is 2.39. The molecule has 1 heterocycles. The lowest BCUT2D eigenvalue weighted by Crippen LogP contribution is -2.50. The molecule has 2 fully saturated rings. The lowest BCUT2D eigenvalue weighted by Gasteiger charge is -2.32. The fourth-order valence-electron chi connectivity index (χ4n) is 3.15. The molecule has 6 nitrogen and oxygen atoms in total. The molecule has 2 aliphatic rings. The second kappa shape index (κ2) is 5.59. The lowest BCUT2D eigenvalue weighted by atomic mass is 9.79. The van der Waals surface area contributed by atoms with Gasteiger partial charge < -0.3 is 15.3 Å². The summed E-state index contributed by atoms with van der Waals surface area (Å²) in [5.74, 6) is -1.07. The number of rotatable bonds is 4. The van der Waals surface area contributed by atoms with Gasteiger partial charge in [0.25, 0.3) is 0 Å². The Morgan fingerprint density at radius 1 is 1.26 bits per heavy atom. The van der Waals surface area contributed by atoms with E-state index in [2.05, 4.69) is 5.32 Å².